The number of amides is 3. The van der Waals surface area contributed by atoms with Gasteiger partial charge in [0.15, 0.2) is 0 Å². The predicted molar refractivity (Wildman–Crippen MR) is 47.4 cm³/mol. The number of imide groups is 1. The molecule has 0 saturated heterocycles. The van der Waals surface area contributed by atoms with Crippen molar-refractivity contribution in [2.24, 2.45) is 5.73 Å². The highest BCUT2D eigenvalue weighted by Crippen LogP contribution is 2.00. The van der Waals surface area contributed by atoms with Gasteiger partial charge in [-0.15, -0.1) is 0 Å². The molecule has 0 aromatic rings. The maximum absolute atomic E-state index is 10.9. The molecule has 0 aromatic heterocycles. The van der Waals surface area contributed by atoms with Crippen LogP contribution in [-0.4, -0.2) is 35.1 Å². The van der Waals surface area contributed by atoms with E-state index in [0.29, 0.717) is 0 Å². The van der Waals surface area contributed by atoms with Gasteiger partial charge in [0.05, 0.1) is 6.54 Å². The number of carbonyl (C=O) groups excluding carboxylic acids is 2. The van der Waals surface area contributed by atoms with Crippen molar-refractivity contribution in [3.63, 3.8) is 0 Å². The molecule has 7 heteroatoms. The van der Waals surface area contributed by atoms with E-state index < -0.39 is 23.4 Å². The normalized spacial score (nSPS) is 10.7. The second kappa shape index (κ2) is 4.56. The summed E-state index contributed by atoms with van der Waals surface area (Å²) in [6, 6.07) is -0.968. The van der Waals surface area contributed by atoms with E-state index in [0.717, 1.165) is 0 Å². The molecule has 80 valence electrons. The molecule has 14 heavy (non-hydrogen) atoms. The molecule has 0 unspecified atom stereocenters. The molecule has 0 radical (unpaired) electrons. The Hall–Kier alpha value is -1.63. The summed E-state index contributed by atoms with van der Waals surface area (Å²) in [7, 11) is 0. The smallest absolute Gasteiger partial charge is 0.323 e. The van der Waals surface area contributed by atoms with Crippen molar-refractivity contribution >= 4 is 17.9 Å². The number of nitrogens with two attached hydrogens (primary N) is 1. The molecule has 0 spiro atoms. The number of carboxylic acids is 1. The monoisotopic (exact) mass is 203 g/mol. The second-order valence-corrected chi connectivity index (χ2v) is 3.20. The quantitative estimate of drug-likeness (QED) is 0.449. The number of primary amides is 1. The van der Waals surface area contributed by atoms with Crippen molar-refractivity contribution in [3.05, 3.63) is 0 Å². The average molecular weight is 203 g/mol. The zero-order chi connectivity index (χ0) is 11.4. The van der Waals surface area contributed by atoms with Gasteiger partial charge in [-0.1, -0.05) is 0 Å². The summed E-state index contributed by atoms with van der Waals surface area (Å²) in [5, 5.41) is 12.9. The molecule has 0 bridgehead atoms. The van der Waals surface area contributed by atoms with E-state index in [4.69, 9.17) is 5.11 Å². The van der Waals surface area contributed by atoms with Crippen LogP contribution < -0.4 is 16.4 Å². The molecule has 0 saturated carbocycles. The summed E-state index contributed by atoms with van der Waals surface area (Å²) in [6.07, 6.45) is 0. The summed E-state index contributed by atoms with van der Waals surface area (Å²) >= 11 is 0. The lowest BCUT2D eigenvalue weighted by Crippen LogP contribution is -2.51. The summed E-state index contributed by atoms with van der Waals surface area (Å²) in [5.41, 5.74) is 3.45. The van der Waals surface area contributed by atoms with Gasteiger partial charge in [0.25, 0.3) is 0 Å². The van der Waals surface area contributed by atoms with Gasteiger partial charge in [0.2, 0.25) is 5.91 Å². The highest BCUT2D eigenvalue weighted by atomic mass is 16.4. The number of aliphatic carboxylic acids is 1. The number of nitrogens with one attached hydrogen (secondary N) is 2. The van der Waals surface area contributed by atoms with E-state index in [-0.39, 0.29) is 6.54 Å². The van der Waals surface area contributed by atoms with Crippen LogP contribution in [0.4, 0.5) is 4.79 Å². The lowest BCUT2D eigenvalue weighted by Gasteiger charge is -2.20. The van der Waals surface area contributed by atoms with Gasteiger partial charge in [0, 0.05) is 0 Å². The van der Waals surface area contributed by atoms with E-state index in [9.17, 15) is 14.4 Å². The molecule has 0 heterocycles. The Morgan fingerprint density at radius 1 is 1.36 bits per heavy atom. The third-order valence-corrected chi connectivity index (χ3v) is 1.49. The Kier molecular flexibility index (Phi) is 4.03. The van der Waals surface area contributed by atoms with E-state index >= 15 is 0 Å². The van der Waals surface area contributed by atoms with Gasteiger partial charge in [-0.05, 0) is 13.8 Å². The first-order valence-corrected chi connectivity index (χ1v) is 3.83. The minimum Gasteiger partial charge on any atom is -0.480 e. The highest BCUT2D eigenvalue weighted by molar-refractivity contribution is 5.94. The van der Waals surface area contributed by atoms with Crippen LogP contribution in [0, 0.1) is 0 Å². The topological polar surface area (TPSA) is 122 Å². The molecule has 0 aliphatic carbocycles. The van der Waals surface area contributed by atoms with Crippen LogP contribution in [0.2, 0.25) is 0 Å². The highest BCUT2D eigenvalue weighted by Gasteiger charge is 2.26. The molecule has 0 aliphatic heterocycles. The zero-order valence-corrected chi connectivity index (χ0v) is 7.96. The molecule has 0 aliphatic rings. The maximum Gasteiger partial charge on any atom is 0.323 e. The van der Waals surface area contributed by atoms with Crippen molar-refractivity contribution in [3.8, 4) is 0 Å². The minimum atomic E-state index is -1.23. The van der Waals surface area contributed by atoms with Crippen LogP contribution in [0.25, 0.3) is 0 Å². The summed E-state index contributed by atoms with van der Waals surface area (Å²) in [4.78, 5) is 31.6. The zero-order valence-electron chi connectivity index (χ0n) is 7.96. The second-order valence-electron chi connectivity index (χ2n) is 3.20. The standard InChI is InChI=1S/C7H13N3O4/c1-7(2,5(12)13)9-3-4(11)10-6(8)14/h9H,3H2,1-2H3,(H,12,13)(H3,8,10,11,14). The fourth-order valence-corrected chi connectivity index (χ4v) is 0.558. The van der Waals surface area contributed by atoms with Crippen molar-refractivity contribution in [1.82, 2.24) is 10.6 Å². The lowest BCUT2D eigenvalue weighted by atomic mass is 10.1. The maximum atomic E-state index is 10.9. The number of rotatable bonds is 4. The van der Waals surface area contributed by atoms with Crippen LogP contribution in [-0.2, 0) is 9.59 Å². The molecule has 0 aromatic carbocycles. The lowest BCUT2D eigenvalue weighted by molar-refractivity contribution is -0.143. The Morgan fingerprint density at radius 2 is 1.86 bits per heavy atom. The Labute approximate surface area is 80.6 Å². The summed E-state index contributed by atoms with van der Waals surface area (Å²) in [6.45, 7) is 2.50. The first kappa shape index (κ1) is 12.4. The third-order valence-electron chi connectivity index (χ3n) is 1.49. The molecule has 0 atom stereocenters. The summed E-state index contributed by atoms with van der Waals surface area (Å²) < 4.78 is 0. The molecular weight excluding hydrogens is 190 g/mol. The van der Waals surface area contributed by atoms with Crippen LogP contribution in [0.1, 0.15) is 13.8 Å². The van der Waals surface area contributed by atoms with E-state index in [1.54, 1.807) is 5.32 Å². The fourth-order valence-electron chi connectivity index (χ4n) is 0.558. The first-order valence-electron chi connectivity index (χ1n) is 3.83. The number of carboxylic acid groups (broad SMARTS) is 1. The Morgan fingerprint density at radius 3 is 2.21 bits per heavy atom. The molecule has 0 rings (SSSR count). The minimum absolute atomic E-state index is 0.289. The van der Waals surface area contributed by atoms with Gasteiger partial charge < -0.3 is 10.8 Å². The van der Waals surface area contributed by atoms with Crippen LogP contribution in [0.15, 0.2) is 0 Å². The van der Waals surface area contributed by atoms with E-state index in [1.165, 1.54) is 13.8 Å². The third kappa shape index (κ3) is 4.41. The number of carbonyl (C=O) groups is 3. The van der Waals surface area contributed by atoms with E-state index in [2.05, 4.69) is 11.1 Å². The molecule has 3 amide bonds. The molecular formula is C7H13N3O4. The van der Waals surface area contributed by atoms with Gasteiger partial charge in [-0.2, -0.15) is 0 Å². The molecule has 0 fully saturated rings. The van der Waals surface area contributed by atoms with Crippen LogP contribution in [0.5, 0.6) is 0 Å². The largest absolute Gasteiger partial charge is 0.480 e. The van der Waals surface area contributed by atoms with Crippen molar-refractivity contribution in [1.29, 1.82) is 0 Å². The molecule has 7 nitrogen and oxygen atoms in total. The van der Waals surface area contributed by atoms with Gasteiger partial charge in [0.1, 0.15) is 5.54 Å². The fraction of sp³-hybridized carbons (Fsp3) is 0.571. The predicted octanol–water partition coefficient (Wildman–Crippen LogP) is -1.37. The number of hydrogen-bond acceptors (Lipinski definition) is 4. The van der Waals surface area contributed by atoms with Crippen LogP contribution >= 0.6 is 0 Å². The van der Waals surface area contributed by atoms with E-state index in [1.807, 2.05) is 0 Å². The average Bonchev–Trinajstić information content (AvgIpc) is 1.99. The van der Waals surface area contributed by atoms with Crippen molar-refractivity contribution < 1.29 is 19.5 Å². The first-order chi connectivity index (χ1) is 6.25. The molecule has 5 N–H and O–H groups in total. The van der Waals surface area contributed by atoms with Crippen molar-refractivity contribution in [2.75, 3.05) is 6.54 Å². The van der Waals surface area contributed by atoms with Crippen molar-refractivity contribution in [2.45, 2.75) is 19.4 Å². The Bertz CT molecular complexity index is 262. The van der Waals surface area contributed by atoms with Crippen LogP contribution in [0.3, 0.4) is 0 Å². The number of hydrogen-bond donors (Lipinski definition) is 4. The summed E-state index contributed by atoms with van der Waals surface area (Å²) in [5.74, 6) is -1.77. The van der Waals surface area contributed by atoms with Gasteiger partial charge in [-0.3, -0.25) is 20.2 Å². The Balaban J connectivity index is 4.00. The number of urea groups is 1. The van der Waals surface area contributed by atoms with Gasteiger partial charge >= 0.3 is 12.0 Å². The SMILES string of the molecule is CC(C)(NCC(=O)NC(N)=O)C(=O)O. The van der Waals surface area contributed by atoms with Gasteiger partial charge in [-0.25, -0.2) is 4.79 Å².